The van der Waals surface area contributed by atoms with Crippen LogP contribution in [0.4, 0.5) is 0 Å². The number of amides is 1. The Morgan fingerprint density at radius 3 is 3.10 bits per heavy atom. The van der Waals surface area contributed by atoms with Crippen LogP contribution < -0.4 is 5.32 Å². The highest BCUT2D eigenvalue weighted by molar-refractivity contribution is 7.08. The number of hydrogen-bond donors (Lipinski definition) is 2. The third-order valence-electron chi connectivity index (χ3n) is 3.59. The zero-order chi connectivity index (χ0) is 14.7. The summed E-state index contributed by atoms with van der Waals surface area (Å²) in [7, 11) is 0. The fourth-order valence-corrected chi connectivity index (χ4v) is 3.11. The van der Waals surface area contributed by atoms with Crippen LogP contribution in [0.5, 0.6) is 0 Å². The Morgan fingerprint density at radius 1 is 1.48 bits per heavy atom. The minimum absolute atomic E-state index is 0.0142. The third-order valence-corrected chi connectivity index (χ3v) is 4.28. The molecule has 2 heterocycles. The molecule has 1 aliphatic rings. The number of aromatic nitrogens is 4. The lowest BCUT2D eigenvalue weighted by atomic mass is 9.92. The monoisotopic (exact) mass is 307 g/mol. The van der Waals surface area contributed by atoms with Gasteiger partial charge in [0.05, 0.1) is 12.1 Å². The van der Waals surface area contributed by atoms with E-state index in [2.05, 4.69) is 20.7 Å². The summed E-state index contributed by atoms with van der Waals surface area (Å²) in [5.41, 5.74) is 0.898. The van der Waals surface area contributed by atoms with Crippen LogP contribution in [0.1, 0.15) is 25.7 Å². The Kier molecular flexibility index (Phi) is 4.26. The maximum absolute atomic E-state index is 12.0. The van der Waals surface area contributed by atoms with E-state index in [4.69, 9.17) is 0 Å². The van der Waals surface area contributed by atoms with Gasteiger partial charge in [-0.3, -0.25) is 4.79 Å². The highest BCUT2D eigenvalue weighted by Gasteiger charge is 2.24. The molecule has 2 aromatic heterocycles. The topological polar surface area (TPSA) is 92.9 Å². The SMILES string of the molecule is O=C(Cn1nnc(-c2ccsc2)n1)N[C@@H]1CCCC[C@H]1O. The quantitative estimate of drug-likeness (QED) is 0.872. The van der Waals surface area contributed by atoms with Crippen LogP contribution in [0, 0.1) is 0 Å². The number of aliphatic hydroxyl groups is 1. The molecule has 8 heteroatoms. The first-order valence-electron chi connectivity index (χ1n) is 7.00. The molecule has 0 spiro atoms. The molecule has 2 aromatic rings. The summed E-state index contributed by atoms with van der Waals surface area (Å²) < 4.78 is 0. The summed E-state index contributed by atoms with van der Waals surface area (Å²) in [6, 6.07) is 1.75. The van der Waals surface area contributed by atoms with E-state index in [9.17, 15) is 9.90 Å². The molecular weight excluding hydrogens is 290 g/mol. The van der Waals surface area contributed by atoms with Gasteiger partial charge in [-0.1, -0.05) is 12.8 Å². The summed E-state index contributed by atoms with van der Waals surface area (Å²) in [4.78, 5) is 13.2. The smallest absolute Gasteiger partial charge is 0.243 e. The van der Waals surface area contributed by atoms with Crippen LogP contribution in [0.3, 0.4) is 0 Å². The minimum atomic E-state index is -0.451. The second-order valence-electron chi connectivity index (χ2n) is 5.18. The van der Waals surface area contributed by atoms with E-state index < -0.39 is 6.10 Å². The van der Waals surface area contributed by atoms with Crippen LogP contribution in [0.2, 0.25) is 0 Å². The van der Waals surface area contributed by atoms with Gasteiger partial charge in [-0.15, -0.1) is 10.2 Å². The largest absolute Gasteiger partial charge is 0.391 e. The van der Waals surface area contributed by atoms with E-state index in [0.717, 1.165) is 31.2 Å². The molecule has 3 rings (SSSR count). The Morgan fingerprint density at radius 2 is 2.33 bits per heavy atom. The molecule has 1 saturated carbocycles. The van der Waals surface area contributed by atoms with Gasteiger partial charge < -0.3 is 10.4 Å². The van der Waals surface area contributed by atoms with Crippen LogP contribution in [0.15, 0.2) is 16.8 Å². The Balaban J connectivity index is 1.57. The van der Waals surface area contributed by atoms with Crippen molar-refractivity contribution in [2.75, 3.05) is 0 Å². The van der Waals surface area contributed by atoms with Crippen molar-refractivity contribution in [2.45, 2.75) is 44.4 Å². The summed E-state index contributed by atoms with van der Waals surface area (Å²) in [6.07, 6.45) is 3.16. The molecule has 0 aromatic carbocycles. The first-order valence-corrected chi connectivity index (χ1v) is 7.94. The average molecular weight is 307 g/mol. The van der Waals surface area contributed by atoms with Crippen molar-refractivity contribution < 1.29 is 9.90 Å². The van der Waals surface area contributed by atoms with E-state index >= 15 is 0 Å². The van der Waals surface area contributed by atoms with Gasteiger partial charge in [0.25, 0.3) is 0 Å². The maximum Gasteiger partial charge on any atom is 0.243 e. The van der Waals surface area contributed by atoms with Gasteiger partial charge in [0.2, 0.25) is 11.7 Å². The highest BCUT2D eigenvalue weighted by Crippen LogP contribution is 2.18. The van der Waals surface area contributed by atoms with Crippen molar-refractivity contribution in [3.05, 3.63) is 16.8 Å². The van der Waals surface area contributed by atoms with Crippen molar-refractivity contribution in [2.24, 2.45) is 0 Å². The maximum atomic E-state index is 12.0. The second-order valence-corrected chi connectivity index (χ2v) is 5.96. The number of thiophene rings is 1. The molecule has 21 heavy (non-hydrogen) atoms. The van der Waals surface area contributed by atoms with Crippen molar-refractivity contribution in [1.29, 1.82) is 0 Å². The van der Waals surface area contributed by atoms with E-state index in [-0.39, 0.29) is 18.5 Å². The van der Waals surface area contributed by atoms with Gasteiger partial charge in [0, 0.05) is 10.9 Å². The number of nitrogens with zero attached hydrogens (tertiary/aromatic N) is 4. The molecule has 7 nitrogen and oxygen atoms in total. The molecule has 2 atom stereocenters. The third kappa shape index (κ3) is 3.45. The summed E-state index contributed by atoms with van der Waals surface area (Å²) in [6.45, 7) is 0.0142. The lowest BCUT2D eigenvalue weighted by molar-refractivity contribution is -0.124. The molecule has 112 valence electrons. The predicted molar refractivity (Wildman–Crippen MR) is 77.5 cm³/mol. The first kappa shape index (κ1) is 14.2. The average Bonchev–Trinajstić information content (AvgIpc) is 3.12. The highest BCUT2D eigenvalue weighted by atomic mass is 32.1. The molecule has 0 aliphatic heterocycles. The number of rotatable bonds is 4. The zero-order valence-corrected chi connectivity index (χ0v) is 12.3. The van der Waals surface area contributed by atoms with E-state index in [1.807, 2.05) is 16.8 Å². The van der Waals surface area contributed by atoms with Gasteiger partial charge in [-0.05, 0) is 29.5 Å². The second kappa shape index (κ2) is 6.31. The van der Waals surface area contributed by atoms with Crippen molar-refractivity contribution >= 4 is 17.2 Å². The number of nitrogens with one attached hydrogen (secondary N) is 1. The van der Waals surface area contributed by atoms with Crippen LogP contribution in [0.25, 0.3) is 11.4 Å². The van der Waals surface area contributed by atoms with Gasteiger partial charge in [-0.25, -0.2) is 0 Å². The normalized spacial score (nSPS) is 22.1. The molecule has 0 unspecified atom stereocenters. The molecule has 1 aliphatic carbocycles. The van der Waals surface area contributed by atoms with Crippen molar-refractivity contribution in [1.82, 2.24) is 25.5 Å². The number of carbonyl (C=O) groups is 1. The number of tetrazole rings is 1. The van der Waals surface area contributed by atoms with Crippen molar-refractivity contribution in [3.8, 4) is 11.4 Å². The van der Waals surface area contributed by atoms with Crippen molar-refractivity contribution in [3.63, 3.8) is 0 Å². The molecule has 1 fully saturated rings. The van der Waals surface area contributed by atoms with E-state index in [1.165, 1.54) is 4.80 Å². The van der Waals surface area contributed by atoms with Crippen LogP contribution in [-0.2, 0) is 11.3 Å². The molecular formula is C13H17N5O2S. The molecule has 0 bridgehead atoms. The standard InChI is InChI=1S/C13H17N5O2S/c19-11-4-2-1-3-10(11)14-12(20)7-18-16-13(15-17-18)9-5-6-21-8-9/h5-6,8,10-11,19H,1-4,7H2,(H,14,20)/t10-,11-/m1/s1. The summed E-state index contributed by atoms with van der Waals surface area (Å²) in [5.74, 6) is 0.317. The predicted octanol–water partition coefficient (Wildman–Crippen LogP) is 0.821. The van der Waals surface area contributed by atoms with Gasteiger partial charge >= 0.3 is 0 Å². The Bertz CT molecular complexity index is 597. The summed E-state index contributed by atoms with van der Waals surface area (Å²) >= 11 is 1.56. The fourth-order valence-electron chi connectivity index (χ4n) is 2.48. The first-order chi connectivity index (χ1) is 10.2. The van der Waals surface area contributed by atoms with Gasteiger partial charge in [-0.2, -0.15) is 16.1 Å². The lowest BCUT2D eigenvalue weighted by Crippen LogP contribution is -2.46. The van der Waals surface area contributed by atoms with Gasteiger partial charge in [0.15, 0.2) is 0 Å². The van der Waals surface area contributed by atoms with Crippen LogP contribution >= 0.6 is 11.3 Å². The number of carbonyl (C=O) groups excluding carboxylic acids is 1. The van der Waals surface area contributed by atoms with E-state index in [0.29, 0.717) is 5.82 Å². The molecule has 0 radical (unpaired) electrons. The Hall–Kier alpha value is -1.80. The summed E-state index contributed by atoms with van der Waals surface area (Å²) in [5, 5.41) is 28.6. The lowest BCUT2D eigenvalue weighted by Gasteiger charge is -2.28. The molecule has 2 N–H and O–H groups in total. The van der Waals surface area contributed by atoms with Gasteiger partial charge in [0.1, 0.15) is 6.54 Å². The Labute approximate surface area is 126 Å². The number of aliphatic hydroxyl groups excluding tert-OH is 1. The molecule has 0 saturated heterocycles. The fraction of sp³-hybridized carbons (Fsp3) is 0.538. The molecule has 1 amide bonds. The van der Waals surface area contributed by atoms with Crippen LogP contribution in [-0.4, -0.2) is 43.4 Å². The van der Waals surface area contributed by atoms with E-state index in [1.54, 1.807) is 11.3 Å². The minimum Gasteiger partial charge on any atom is -0.391 e. The zero-order valence-electron chi connectivity index (χ0n) is 11.5. The number of hydrogen-bond acceptors (Lipinski definition) is 6.